The van der Waals surface area contributed by atoms with Crippen LogP contribution in [0.15, 0.2) is 12.3 Å². The number of nitrogens with zero attached hydrogens (tertiary/aromatic N) is 2. The van der Waals surface area contributed by atoms with Gasteiger partial charge in [-0.05, 0) is 32.8 Å². The Labute approximate surface area is 113 Å². The normalized spacial score (nSPS) is 16.6. The molecule has 0 bridgehead atoms. The van der Waals surface area contributed by atoms with Crippen LogP contribution in [0.3, 0.4) is 0 Å². The Hall–Kier alpha value is -0.770. The molecule has 1 heterocycles. The largest absolute Gasteiger partial charge is 0.298 e. The fraction of sp³-hybridized carbons (Fsp3) is 0.714. The van der Waals surface area contributed by atoms with Crippen LogP contribution < -0.4 is 0 Å². The van der Waals surface area contributed by atoms with Crippen molar-refractivity contribution in [3.63, 3.8) is 0 Å². The zero-order chi connectivity index (χ0) is 13.0. The van der Waals surface area contributed by atoms with Crippen molar-refractivity contribution in [2.45, 2.75) is 57.2 Å². The number of thioether (sulfide) groups is 1. The van der Waals surface area contributed by atoms with Crippen LogP contribution in [0.1, 0.15) is 51.3 Å². The highest BCUT2D eigenvalue weighted by atomic mass is 32.2. The first-order chi connectivity index (χ1) is 8.65. The summed E-state index contributed by atoms with van der Waals surface area (Å²) in [6.45, 7) is 4.18. The van der Waals surface area contributed by atoms with Crippen molar-refractivity contribution in [2.24, 2.45) is 0 Å². The molecule has 0 unspecified atom stereocenters. The van der Waals surface area contributed by atoms with E-state index in [-0.39, 0.29) is 0 Å². The van der Waals surface area contributed by atoms with Gasteiger partial charge in [-0.25, -0.2) is 0 Å². The van der Waals surface area contributed by atoms with Crippen LogP contribution >= 0.6 is 11.8 Å². The highest BCUT2D eigenvalue weighted by molar-refractivity contribution is 8.00. The summed E-state index contributed by atoms with van der Waals surface area (Å²) in [6.07, 6.45) is 7.70. The molecule has 0 saturated heterocycles. The van der Waals surface area contributed by atoms with Crippen molar-refractivity contribution >= 4 is 17.5 Å². The fourth-order valence-electron chi connectivity index (χ4n) is 2.28. The second-order valence-corrected chi connectivity index (χ2v) is 6.60. The van der Waals surface area contributed by atoms with Crippen LogP contribution in [0.2, 0.25) is 0 Å². The molecule has 1 aromatic heterocycles. The monoisotopic (exact) mass is 266 g/mol. The lowest BCUT2D eigenvalue weighted by molar-refractivity contribution is -0.116. The summed E-state index contributed by atoms with van der Waals surface area (Å²) in [6, 6.07) is 2.32. The van der Waals surface area contributed by atoms with Crippen molar-refractivity contribution in [3.05, 3.63) is 18.0 Å². The maximum absolute atomic E-state index is 11.9. The van der Waals surface area contributed by atoms with Crippen LogP contribution in [-0.4, -0.2) is 26.6 Å². The topological polar surface area (TPSA) is 34.9 Å². The van der Waals surface area contributed by atoms with Gasteiger partial charge in [-0.2, -0.15) is 16.9 Å². The second-order valence-electron chi connectivity index (χ2n) is 5.31. The Bertz CT molecular complexity index is 394. The fourth-order valence-corrected chi connectivity index (χ4v) is 3.47. The molecule has 0 amide bonds. The van der Waals surface area contributed by atoms with Gasteiger partial charge >= 0.3 is 0 Å². The first-order valence-corrected chi connectivity index (χ1v) is 7.87. The smallest absolute Gasteiger partial charge is 0.148 e. The number of carbonyl (C=O) groups excluding carboxylic acids is 1. The Morgan fingerprint density at radius 1 is 1.50 bits per heavy atom. The average Bonchev–Trinajstić information content (AvgIpc) is 2.96. The summed E-state index contributed by atoms with van der Waals surface area (Å²) >= 11 is 1.84. The SMILES string of the molecule is CC(C)n1ccc(CC(=O)CSC2CCCC2)n1. The van der Waals surface area contributed by atoms with E-state index in [9.17, 15) is 4.79 Å². The molecule has 1 aromatic rings. The Kier molecular flexibility index (Phi) is 4.87. The molecule has 1 saturated carbocycles. The third kappa shape index (κ3) is 3.87. The molecular weight excluding hydrogens is 244 g/mol. The maximum atomic E-state index is 11.9. The first kappa shape index (κ1) is 13.7. The predicted octanol–water partition coefficient (Wildman–Crippen LogP) is 3.25. The maximum Gasteiger partial charge on any atom is 0.148 e. The summed E-state index contributed by atoms with van der Waals surface area (Å²) < 4.78 is 1.91. The van der Waals surface area contributed by atoms with Crippen LogP contribution in [-0.2, 0) is 11.2 Å². The number of ketones is 1. The lowest BCUT2D eigenvalue weighted by Gasteiger charge is -2.07. The zero-order valence-electron chi connectivity index (χ0n) is 11.3. The van der Waals surface area contributed by atoms with Gasteiger partial charge in [0, 0.05) is 17.5 Å². The van der Waals surface area contributed by atoms with Crippen LogP contribution in [0.25, 0.3) is 0 Å². The predicted molar refractivity (Wildman–Crippen MR) is 76.0 cm³/mol. The van der Waals surface area contributed by atoms with E-state index in [1.54, 1.807) is 0 Å². The van der Waals surface area contributed by atoms with Crippen molar-refractivity contribution in [1.82, 2.24) is 9.78 Å². The minimum absolute atomic E-state index is 0.306. The quantitative estimate of drug-likeness (QED) is 0.792. The summed E-state index contributed by atoms with van der Waals surface area (Å²) in [5.74, 6) is 0.958. The van der Waals surface area contributed by atoms with Gasteiger partial charge in [0.1, 0.15) is 5.78 Å². The van der Waals surface area contributed by atoms with Gasteiger partial charge < -0.3 is 0 Å². The van der Waals surface area contributed by atoms with E-state index in [0.29, 0.717) is 24.0 Å². The van der Waals surface area contributed by atoms with Gasteiger partial charge in [-0.3, -0.25) is 9.48 Å². The number of hydrogen-bond donors (Lipinski definition) is 0. The summed E-state index contributed by atoms with van der Waals surface area (Å²) in [5.41, 5.74) is 0.903. The summed E-state index contributed by atoms with van der Waals surface area (Å²) in [4.78, 5) is 11.9. The van der Waals surface area contributed by atoms with Crippen molar-refractivity contribution in [1.29, 1.82) is 0 Å². The molecule has 3 nitrogen and oxygen atoms in total. The Morgan fingerprint density at radius 2 is 2.22 bits per heavy atom. The molecule has 100 valence electrons. The minimum atomic E-state index is 0.306. The number of carbonyl (C=O) groups is 1. The second kappa shape index (κ2) is 6.41. The molecule has 4 heteroatoms. The number of hydrogen-bond acceptors (Lipinski definition) is 3. The molecule has 1 aliphatic carbocycles. The molecule has 0 radical (unpaired) electrons. The van der Waals surface area contributed by atoms with E-state index in [1.165, 1.54) is 25.7 Å². The molecule has 2 rings (SSSR count). The van der Waals surface area contributed by atoms with Gasteiger partial charge in [0.15, 0.2) is 0 Å². The minimum Gasteiger partial charge on any atom is -0.298 e. The van der Waals surface area contributed by atoms with Gasteiger partial charge in [-0.1, -0.05) is 12.8 Å². The van der Waals surface area contributed by atoms with Gasteiger partial charge in [0.05, 0.1) is 17.9 Å². The molecule has 0 N–H and O–H groups in total. The average molecular weight is 266 g/mol. The summed E-state index contributed by atoms with van der Waals surface area (Å²) in [5, 5.41) is 5.14. The highest BCUT2D eigenvalue weighted by Crippen LogP contribution is 2.29. The zero-order valence-corrected chi connectivity index (χ0v) is 12.1. The van der Waals surface area contributed by atoms with E-state index in [0.717, 1.165) is 10.9 Å². The highest BCUT2D eigenvalue weighted by Gasteiger charge is 2.17. The van der Waals surface area contributed by atoms with E-state index in [4.69, 9.17) is 0 Å². The number of Topliss-reactive ketones (excluding diaryl/α,β-unsaturated/α-hetero) is 1. The third-order valence-electron chi connectivity index (χ3n) is 3.35. The van der Waals surface area contributed by atoms with E-state index < -0.39 is 0 Å². The summed E-state index contributed by atoms with van der Waals surface area (Å²) in [7, 11) is 0. The van der Waals surface area contributed by atoms with Gasteiger partial charge in [0.2, 0.25) is 0 Å². The van der Waals surface area contributed by atoms with Crippen molar-refractivity contribution < 1.29 is 4.79 Å². The van der Waals surface area contributed by atoms with Gasteiger partial charge in [0.25, 0.3) is 0 Å². The lowest BCUT2D eigenvalue weighted by Crippen LogP contribution is -2.10. The Balaban J connectivity index is 1.75. The lowest BCUT2D eigenvalue weighted by atomic mass is 10.2. The number of aromatic nitrogens is 2. The molecule has 0 aromatic carbocycles. The first-order valence-electron chi connectivity index (χ1n) is 6.82. The third-order valence-corrected chi connectivity index (χ3v) is 4.78. The molecule has 0 atom stereocenters. The van der Waals surface area contributed by atoms with Gasteiger partial charge in [-0.15, -0.1) is 0 Å². The Morgan fingerprint density at radius 3 is 2.83 bits per heavy atom. The van der Waals surface area contributed by atoms with Crippen LogP contribution in [0, 0.1) is 0 Å². The molecule has 1 aliphatic rings. The number of rotatable bonds is 6. The molecule has 18 heavy (non-hydrogen) atoms. The van der Waals surface area contributed by atoms with Crippen molar-refractivity contribution in [2.75, 3.05) is 5.75 Å². The van der Waals surface area contributed by atoms with E-state index in [2.05, 4.69) is 18.9 Å². The van der Waals surface area contributed by atoms with Crippen LogP contribution in [0.4, 0.5) is 0 Å². The molecule has 0 aliphatic heterocycles. The molecule has 1 fully saturated rings. The molecule has 0 spiro atoms. The van der Waals surface area contributed by atoms with E-state index >= 15 is 0 Å². The van der Waals surface area contributed by atoms with Crippen molar-refractivity contribution in [3.8, 4) is 0 Å². The van der Waals surface area contributed by atoms with E-state index in [1.807, 2.05) is 28.7 Å². The molecular formula is C14H22N2OS. The standard InChI is InChI=1S/C14H22N2OS/c1-11(2)16-8-7-12(15-16)9-13(17)10-18-14-5-3-4-6-14/h7-8,11,14H,3-6,9-10H2,1-2H3. The van der Waals surface area contributed by atoms with Crippen LogP contribution in [0.5, 0.6) is 0 Å².